The van der Waals surface area contributed by atoms with Gasteiger partial charge in [-0.2, -0.15) is 0 Å². The van der Waals surface area contributed by atoms with Gasteiger partial charge in [-0.05, 0) is 36.1 Å². The summed E-state index contributed by atoms with van der Waals surface area (Å²) in [7, 11) is 2.53. The number of imidazole rings is 1. The fraction of sp³-hybridized carbons (Fsp3) is 0.250. The molecule has 11 heteroatoms. The minimum absolute atomic E-state index is 0.0946. The summed E-state index contributed by atoms with van der Waals surface area (Å²) in [6, 6.07) is 6.72. The summed E-state index contributed by atoms with van der Waals surface area (Å²) in [4.78, 5) is 40.8. The number of carbonyl (C=O) groups is 3. The smallest absolute Gasteiger partial charge is 0.355 e. The number of aromatic carboxylic acids is 1. The number of nitrogens with zero attached hydrogens (tertiary/aromatic N) is 3. The Morgan fingerprint density at radius 2 is 1.87 bits per heavy atom. The standard InChI is InChI=1S/C11H13NO2.C9H7N3O5/c1-14-11(13)8-2-4-9-7(6-8)3-5-10(9)12;1-17-8(16)5-2-4(7(14)15)11-9-10-3-6(13)12(5)9/h2,4,6,10H,3,5,12H2,1H3;2-3,13H,1H3,(H,14,15)/t10-;/m0./s1. The molecule has 0 spiro atoms. The predicted molar refractivity (Wildman–Crippen MR) is 106 cm³/mol. The average molecular weight is 428 g/mol. The van der Waals surface area contributed by atoms with Gasteiger partial charge in [0.2, 0.25) is 11.7 Å². The Balaban J connectivity index is 0.000000179. The van der Waals surface area contributed by atoms with E-state index in [2.05, 4.69) is 19.4 Å². The largest absolute Gasteiger partial charge is 0.493 e. The number of hydrogen-bond donors (Lipinski definition) is 3. The molecule has 0 bridgehead atoms. The summed E-state index contributed by atoms with van der Waals surface area (Å²) >= 11 is 0. The number of aromatic nitrogens is 3. The summed E-state index contributed by atoms with van der Waals surface area (Å²) < 4.78 is 10.1. The van der Waals surface area contributed by atoms with Crippen LogP contribution >= 0.6 is 0 Å². The van der Waals surface area contributed by atoms with Gasteiger partial charge in [0.1, 0.15) is 5.69 Å². The third kappa shape index (κ3) is 4.31. The van der Waals surface area contributed by atoms with Crippen LogP contribution in [0, 0.1) is 0 Å². The monoisotopic (exact) mass is 428 g/mol. The van der Waals surface area contributed by atoms with E-state index in [4.69, 9.17) is 10.8 Å². The second-order valence-electron chi connectivity index (χ2n) is 6.63. The molecule has 0 aliphatic heterocycles. The van der Waals surface area contributed by atoms with E-state index in [0.29, 0.717) is 5.56 Å². The van der Waals surface area contributed by atoms with Gasteiger partial charge in [-0.25, -0.2) is 28.8 Å². The van der Waals surface area contributed by atoms with Gasteiger partial charge in [0.15, 0.2) is 5.69 Å². The highest BCUT2D eigenvalue weighted by atomic mass is 16.5. The first-order valence-electron chi connectivity index (χ1n) is 9.12. The van der Waals surface area contributed by atoms with Crippen LogP contribution in [0.1, 0.15) is 54.9 Å². The van der Waals surface area contributed by atoms with Crippen molar-refractivity contribution in [3.8, 4) is 5.88 Å². The SMILES string of the molecule is COC(=O)c1cc(C(=O)O)nc2ncc(O)n12.COC(=O)c1ccc2c(c1)CC[C@@H]2N. The number of aromatic hydroxyl groups is 1. The molecule has 3 aromatic rings. The van der Waals surface area contributed by atoms with Crippen LogP contribution in [0.15, 0.2) is 30.5 Å². The molecule has 0 unspecified atom stereocenters. The molecule has 31 heavy (non-hydrogen) atoms. The molecule has 2 aromatic heterocycles. The molecule has 162 valence electrons. The lowest BCUT2D eigenvalue weighted by atomic mass is 10.1. The molecule has 0 saturated heterocycles. The van der Waals surface area contributed by atoms with Crippen molar-refractivity contribution in [2.24, 2.45) is 5.73 Å². The molecule has 0 fully saturated rings. The van der Waals surface area contributed by atoms with Crippen molar-refractivity contribution >= 4 is 23.7 Å². The maximum absolute atomic E-state index is 11.4. The number of esters is 2. The normalized spacial score (nSPS) is 14.4. The summed E-state index contributed by atoms with van der Waals surface area (Å²) in [5.74, 6) is -2.81. The van der Waals surface area contributed by atoms with Crippen LogP contribution in [-0.4, -0.2) is 56.7 Å². The maximum atomic E-state index is 11.4. The lowest BCUT2D eigenvalue weighted by Gasteiger charge is -2.05. The zero-order valence-electron chi connectivity index (χ0n) is 16.7. The molecule has 1 aromatic carbocycles. The van der Waals surface area contributed by atoms with Gasteiger partial charge in [0.25, 0.3) is 0 Å². The van der Waals surface area contributed by atoms with Crippen molar-refractivity contribution in [3.63, 3.8) is 0 Å². The molecule has 11 nitrogen and oxygen atoms in total. The highest BCUT2D eigenvalue weighted by Crippen LogP contribution is 2.29. The van der Waals surface area contributed by atoms with Gasteiger partial charge >= 0.3 is 17.9 Å². The quantitative estimate of drug-likeness (QED) is 0.518. The molecule has 1 atom stereocenters. The Bertz CT molecular complexity index is 1170. The molecule has 1 aliphatic rings. The number of hydrogen-bond acceptors (Lipinski definition) is 9. The first kappa shape index (κ1) is 21.7. The number of fused-ring (bicyclic) bond motifs is 2. The highest BCUT2D eigenvalue weighted by molar-refractivity contribution is 5.93. The third-order valence-electron chi connectivity index (χ3n) is 4.76. The Labute approximate surface area is 176 Å². The van der Waals surface area contributed by atoms with E-state index in [1.54, 1.807) is 6.07 Å². The fourth-order valence-electron chi connectivity index (χ4n) is 3.24. The number of aryl methyl sites for hydroxylation is 1. The predicted octanol–water partition coefficient (Wildman–Crippen LogP) is 1.34. The van der Waals surface area contributed by atoms with Gasteiger partial charge in [0, 0.05) is 12.1 Å². The zero-order chi connectivity index (χ0) is 22.7. The Morgan fingerprint density at radius 1 is 1.16 bits per heavy atom. The van der Waals surface area contributed by atoms with Crippen molar-refractivity contribution in [2.75, 3.05) is 14.2 Å². The summed E-state index contributed by atoms with van der Waals surface area (Å²) in [5, 5.41) is 18.3. The van der Waals surface area contributed by atoms with E-state index in [9.17, 15) is 19.5 Å². The summed E-state index contributed by atoms with van der Waals surface area (Å²) in [6.45, 7) is 0. The van der Waals surface area contributed by atoms with E-state index in [1.807, 2.05) is 12.1 Å². The molecule has 4 rings (SSSR count). The van der Waals surface area contributed by atoms with Gasteiger partial charge in [-0.15, -0.1) is 0 Å². The van der Waals surface area contributed by atoms with E-state index < -0.39 is 11.9 Å². The topological polar surface area (TPSA) is 166 Å². The Morgan fingerprint density at radius 3 is 2.52 bits per heavy atom. The fourth-order valence-corrected chi connectivity index (χ4v) is 3.24. The zero-order valence-corrected chi connectivity index (χ0v) is 16.7. The number of carboxylic acids is 1. The minimum Gasteiger partial charge on any atom is -0.493 e. The second-order valence-corrected chi connectivity index (χ2v) is 6.63. The van der Waals surface area contributed by atoms with Crippen molar-refractivity contribution in [1.82, 2.24) is 14.4 Å². The summed E-state index contributed by atoms with van der Waals surface area (Å²) in [6.07, 6.45) is 2.99. The highest BCUT2D eigenvalue weighted by Gasteiger charge is 2.21. The molecule has 0 radical (unpaired) electrons. The molecular formula is C20H20N4O7. The lowest BCUT2D eigenvalue weighted by molar-refractivity contribution is 0.0585. The number of ether oxygens (including phenoxy) is 2. The minimum atomic E-state index is -1.31. The average Bonchev–Trinajstić information content (AvgIpc) is 3.34. The van der Waals surface area contributed by atoms with E-state index in [-0.39, 0.29) is 35.1 Å². The van der Waals surface area contributed by atoms with Crippen molar-refractivity contribution in [2.45, 2.75) is 18.9 Å². The van der Waals surface area contributed by atoms with Crippen LogP contribution < -0.4 is 5.73 Å². The lowest BCUT2D eigenvalue weighted by Crippen LogP contribution is -2.12. The van der Waals surface area contributed by atoms with Gasteiger partial charge in [0.05, 0.1) is 26.0 Å². The van der Waals surface area contributed by atoms with Crippen LogP contribution in [0.5, 0.6) is 5.88 Å². The van der Waals surface area contributed by atoms with E-state index >= 15 is 0 Å². The molecule has 4 N–H and O–H groups in total. The number of carboxylic acid groups (broad SMARTS) is 1. The van der Waals surface area contributed by atoms with Crippen molar-refractivity contribution in [1.29, 1.82) is 0 Å². The van der Waals surface area contributed by atoms with E-state index in [1.165, 1.54) is 12.7 Å². The Hall–Kier alpha value is -3.99. The van der Waals surface area contributed by atoms with Crippen LogP contribution in [0.25, 0.3) is 5.78 Å². The van der Waals surface area contributed by atoms with E-state index in [0.717, 1.165) is 42.2 Å². The number of methoxy groups -OCH3 is 2. The van der Waals surface area contributed by atoms with Crippen LogP contribution in [0.2, 0.25) is 0 Å². The van der Waals surface area contributed by atoms with Crippen molar-refractivity contribution in [3.05, 3.63) is 58.5 Å². The molecular weight excluding hydrogens is 408 g/mol. The van der Waals surface area contributed by atoms with Crippen LogP contribution in [-0.2, 0) is 15.9 Å². The second kappa shape index (κ2) is 8.79. The Kier molecular flexibility index (Phi) is 6.16. The molecule has 0 amide bonds. The first-order chi connectivity index (χ1) is 14.8. The molecule has 1 aliphatic carbocycles. The van der Waals surface area contributed by atoms with Crippen molar-refractivity contribution < 1.29 is 34.1 Å². The van der Waals surface area contributed by atoms with Gasteiger partial charge < -0.3 is 25.4 Å². The van der Waals surface area contributed by atoms with Crippen LogP contribution in [0.4, 0.5) is 0 Å². The van der Waals surface area contributed by atoms with Gasteiger partial charge in [-0.1, -0.05) is 6.07 Å². The number of benzene rings is 1. The molecule has 0 saturated carbocycles. The third-order valence-corrected chi connectivity index (χ3v) is 4.76. The van der Waals surface area contributed by atoms with Gasteiger partial charge in [-0.3, -0.25) is 0 Å². The first-order valence-corrected chi connectivity index (χ1v) is 9.12. The number of carbonyl (C=O) groups excluding carboxylic acids is 2. The number of rotatable bonds is 3. The maximum Gasteiger partial charge on any atom is 0.355 e. The molecule has 2 heterocycles. The summed E-state index contributed by atoms with van der Waals surface area (Å²) in [5.41, 5.74) is 8.33. The van der Waals surface area contributed by atoms with Crippen LogP contribution in [0.3, 0.4) is 0 Å². The number of nitrogens with two attached hydrogens (primary N) is 1.